The summed E-state index contributed by atoms with van der Waals surface area (Å²) in [5, 5.41) is 0. The highest BCUT2D eigenvalue weighted by atomic mass is 32.2. The van der Waals surface area contributed by atoms with Crippen LogP contribution in [0, 0.1) is 5.82 Å². The van der Waals surface area contributed by atoms with Crippen molar-refractivity contribution in [1.29, 1.82) is 0 Å². The summed E-state index contributed by atoms with van der Waals surface area (Å²) >= 11 is 1.41. The fraction of sp³-hybridized carbons (Fsp3) is 0.368. The van der Waals surface area contributed by atoms with Crippen LogP contribution in [0.25, 0.3) is 0 Å². The quantitative estimate of drug-likeness (QED) is 0.491. The van der Waals surface area contributed by atoms with Crippen LogP contribution in [-0.2, 0) is 27.7 Å². The lowest BCUT2D eigenvalue weighted by Gasteiger charge is -2.15. The van der Waals surface area contributed by atoms with Crippen molar-refractivity contribution in [1.82, 2.24) is 15.6 Å². The predicted octanol–water partition coefficient (Wildman–Crippen LogP) is 2.28. The number of hydrazine groups is 1. The minimum Gasteiger partial charge on any atom is -0.271 e. The van der Waals surface area contributed by atoms with Crippen LogP contribution in [0.15, 0.2) is 35.2 Å². The minimum atomic E-state index is -4.23. The first-order valence-corrected chi connectivity index (χ1v) is 11.6. The van der Waals surface area contributed by atoms with Crippen molar-refractivity contribution in [2.24, 2.45) is 0 Å². The van der Waals surface area contributed by atoms with Crippen molar-refractivity contribution >= 4 is 33.2 Å². The number of fused-ring (bicyclic) bond motifs is 1. The average Bonchev–Trinajstić information content (AvgIpc) is 2.96. The van der Waals surface area contributed by atoms with Gasteiger partial charge in [-0.3, -0.25) is 20.4 Å². The molecule has 2 aromatic rings. The summed E-state index contributed by atoms with van der Waals surface area (Å²) in [6, 6.07) is 5.49. The van der Waals surface area contributed by atoms with Gasteiger partial charge < -0.3 is 0 Å². The summed E-state index contributed by atoms with van der Waals surface area (Å²) in [4.78, 5) is 25.6. The standard InChI is InChI=1S/C19H22FN3O4S2/c1-12(23-29(26,27)17-10-6-5-8-14(17)20)18(24)21-22-19(25)16-11-13-7-3-2-4-9-15(13)28-16/h5-6,8,10-12,23H,2-4,7,9H2,1H3,(H,21,24)(H,22,25)/t12-/m0/s1. The molecule has 0 bridgehead atoms. The summed E-state index contributed by atoms with van der Waals surface area (Å²) in [5.74, 6) is -2.14. The van der Waals surface area contributed by atoms with Crippen LogP contribution in [0.4, 0.5) is 4.39 Å². The van der Waals surface area contributed by atoms with Gasteiger partial charge in [-0.05, 0) is 56.4 Å². The maximum absolute atomic E-state index is 13.7. The lowest BCUT2D eigenvalue weighted by atomic mass is 10.1. The number of hydrogen-bond acceptors (Lipinski definition) is 5. The van der Waals surface area contributed by atoms with Crippen molar-refractivity contribution in [2.45, 2.75) is 50.0 Å². The maximum Gasteiger partial charge on any atom is 0.279 e. The van der Waals surface area contributed by atoms with E-state index in [1.165, 1.54) is 47.3 Å². The van der Waals surface area contributed by atoms with Crippen molar-refractivity contribution in [3.63, 3.8) is 0 Å². The average molecular weight is 440 g/mol. The fourth-order valence-electron chi connectivity index (χ4n) is 3.08. The van der Waals surface area contributed by atoms with Crippen LogP contribution in [0.3, 0.4) is 0 Å². The van der Waals surface area contributed by atoms with Gasteiger partial charge in [0.2, 0.25) is 10.0 Å². The molecule has 29 heavy (non-hydrogen) atoms. The summed E-state index contributed by atoms with van der Waals surface area (Å²) in [7, 11) is -4.23. The normalized spacial score (nSPS) is 15.1. The van der Waals surface area contributed by atoms with Crippen LogP contribution >= 0.6 is 11.3 Å². The third-order valence-corrected chi connectivity index (χ3v) is 7.43. The van der Waals surface area contributed by atoms with E-state index in [-0.39, 0.29) is 0 Å². The molecule has 1 atom stereocenters. The van der Waals surface area contributed by atoms with Crippen LogP contribution in [-0.4, -0.2) is 26.3 Å². The molecule has 0 saturated heterocycles. The second-order valence-electron chi connectivity index (χ2n) is 6.84. The lowest BCUT2D eigenvalue weighted by molar-refractivity contribution is -0.123. The third-order valence-electron chi connectivity index (χ3n) is 4.62. The molecule has 10 heteroatoms. The molecule has 1 aromatic carbocycles. The predicted molar refractivity (Wildman–Crippen MR) is 107 cm³/mol. The van der Waals surface area contributed by atoms with E-state index in [4.69, 9.17) is 0 Å². The number of carbonyl (C=O) groups is 2. The molecule has 0 aliphatic heterocycles. The molecule has 0 unspecified atom stereocenters. The maximum atomic E-state index is 13.7. The molecule has 2 amide bonds. The highest BCUT2D eigenvalue weighted by Gasteiger charge is 2.25. The third kappa shape index (κ3) is 5.20. The van der Waals surface area contributed by atoms with Crippen molar-refractivity contribution in [3.8, 4) is 0 Å². The summed E-state index contributed by atoms with van der Waals surface area (Å²) in [6.45, 7) is 1.30. The SMILES string of the molecule is C[C@H](NS(=O)(=O)c1ccccc1F)C(=O)NNC(=O)c1cc2c(s1)CCCCC2. The monoisotopic (exact) mass is 439 g/mol. The Bertz CT molecular complexity index is 997. The van der Waals surface area contributed by atoms with Gasteiger partial charge in [-0.25, -0.2) is 12.8 Å². The summed E-state index contributed by atoms with van der Waals surface area (Å²) in [5.41, 5.74) is 5.69. The Morgan fingerprint density at radius 2 is 1.83 bits per heavy atom. The molecule has 3 N–H and O–H groups in total. The number of thiophene rings is 1. The Kier molecular flexibility index (Phi) is 6.66. The molecule has 1 aromatic heterocycles. The second kappa shape index (κ2) is 9.02. The number of benzene rings is 1. The fourth-order valence-corrected chi connectivity index (χ4v) is 5.51. The van der Waals surface area contributed by atoms with E-state index >= 15 is 0 Å². The van der Waals surface area contributed by atoms with E-state index < -0.39 is 38.6 Å². The van der Waals surface area contributed by atoms with Gasteiger partial charge in [-0.15, -0.1) is 11.3 Å². The van der Waals surface area contributed by atoms with E-state index in [1.54, 1.807) is 0 Å². The van der Waals surface area contributed by atoms with Gasteiger partial charge in [0.25, 0.3) is 11.8 Å². The van der Waals surface area contributed by atoms with Gasteiger partial charge in [0.1, 0.15) is 10.7 Å². The van der Waals surface area contributed by atoms with Crippen molar-refractivity contribution < 1.29 is 22.4 Å². The van der Waals surface area contributed by atoms with Gasteiger partial charge in [0.15, 0.2) is 0 Å². The van der Waals surface area contributed by atoms with E-state index in [0.29, 0.717) is 4.88 Å². The summed E-state index contributed by atoms with van der Waals surface area (Å²) in [6.07, 6.45) is 5.28. The molecule has 0 saturated carbocycles. The molecular weight excluding hydrogens is 417 g/mol. The molecule has 7 nitrogen and oxygen atoms in total. The van der Waals surface area contributed by atoms with Gasteiger partial charge in [0, 0.05) is 4.88 Å². The van der Waals surface area contributed by atoms with Gasteiger partial charge in [-0.1, -0.05) is 18.6 Å². The lowest BCUT2D eigenvalue weighted by Crippen LogP contribution is -2.51. The molecule has 0 spiro atoms. The number of carbonyl (C=O) groups excluding carboxylic acids is 2. The Hall–Kier alpha value is -2.30. The Labute approximate surface area is 172 Å². The molecule has 1 heterocycles. The van der Waals surface area contributed by atoms with E-state index in [1.807, 2.05) is 6.07 Å². The molecule has 1 aliphatic rings. The zero-order chi connectivity index (χ0) is 21.0. The number of rotatable bonds is 5. The largest absolute Gasteiger partial charge is 0.279 e. The zero-order valence-corrected chi connectivity index (χ0v) is 17.5. The number of halogens is 1. The Morgan fingerprint density at radius 1 is 1.10 bits per heavy atom. The molecule has 0 radical (unpaired) electrons. The van der Waals surface area contributed by atoms with E-state index in [2.05, 4.69) is 15.6 Å². The molecule has 0 fully saturated rings. The van der Waals surface area contributed by atoms with Gasteiger partial charge in [0.05, 0.1) is 10.9 Å². The number of sulfonamides is 1. The Morgan fingerprint density at radius 3 is 2.59 bits per heavy atom. The van der Waals surface area contributed by atoms with Crippen LogP contribution in [0.2, 0.25) is 0 Å². The van der Waals surface area contributed by atoms with Crippen molar-refractivity contribution in [2.75, 3.05) is 0 Å². The molecule has 156 valence electrons. The topological polar surface area (TPSA) is 104 Å². The number of hydrogen-bond donors (Lipinski definition) is 3. The first-order chi connectivity index (χ1) is 13.8. The first-order valence-electron chi connectivity index (χ1n) is 9.26. The van der Waals surface area contributed by atoms with Gasteiger partial charge in [-0.2, -0.15) is 4.72 Å². The minimum absolute atomic E-state index is 0.458. The van der Waals surface area contributed by atoms with Crippen LogP contribution in [0.5, 0.6) is 0 Å². The Balaban J connectivity index is 1.57. The molecule has 1 aliphatic carbocycles. The van der Waals surface area contributed by atoms with Crippen LogP contribution in [0.1, 0.15) is 46.3 Å². The molecular formula is C19H22FN3O4S2. The van der Waals surface area contributed by atoms with E-state index in [9.17, 15) is 22.4 Å². The summed E-state index contributed by atoms with van der Waals surface area (Å²) < 4.78 is 40.3. The van der Waals surface area contributed by atoms with Crippen LogP contribution < -0.4 is 15.6 Å². The van der Waals surface area contributed by atoms with E-state index in [0.717, 1.165) is 37.8 Å². The number of amides is 2. The smallest absolute Gasteiger partial charge is 0.271 e. The zero-order valence-electron chi connectivity index (χ0n) is 15.8. The number of nitrogens with one attached hydrogen (secondary N) is 3. The highest BCUT2D eigenvalue weighted by molar-refractivity contribution is 7.89. The number of aryl methyl sites for hydroxylation is 2. The van der Waals surface area contributed by atoms with Crippen molar-refractivity contribution in [3.05, 3.63) is 51.5 Å². The highest BCUT2D eigenvalue weighted by Crippen LogP contribution is 2.28. The van der Waals surface area contributed by atoms with Gasteiger partial charge >= 0.3 is 0 Å². The second-order valence-corrected chi connectivity index (χ2v) is 9.66. The first kappa shape index (κ1) is 21.4. The molecule has 3 rings (SSSR count).